The third kappa shape index (κ3) is 5.53. The van der Waals surface area contributed by atoms with Crippen molar-refractivity contribution in [1.29, 1.82) is 0 Å². The zero-order valence-electron chi connectivity index (χ0n) is 12.2. The van der Waals surface area contributed by atoms with Gasteiger partial charge in [-0.25, -0.2) is 8.42 Å². The van der Waals surface area contributed by atoms with E-state index < -0.39 is 15.9 Å². The number of rotatable bonds is 7. The first-order valence-corrected chi connectivity index (χ1v) is 8.49. The Labute approximate surface area is 130 Å². The summed E-state index contributed by atoms with van der Waals surface area (Å²) in [5, 5.41) is 2.92. The van der Waals surface area contributed by atoms with E-state index in [1.807, 2.05) is 0 Å². The van der Waals surface area contributed by atoms with Gasteiger partial charge in [0, 0.05) is 13.2 Å². The number of hydrogen-bond donors (Lipinski definition) is 1. The molecule has 0 heterocycles. The summed E-state index contributed by atoms with van der Waals surface area (Å²) >= 11 is 6.01. The largest absolute Gasteiger partial charge is 0.383 e. The molecule has 1 amide bonds. The molecule has 0 saturated heterocycles. The highest BCUT2D eigenvalue weighted by atomic mass is 35.5. The second kappa shape index (κ2) is 7.63. The van der Waals surface area contributed by atoms with Crippen LogP contribution in [-0.4, -0.2) is 46.9 Å². The van der Waals surface area contributed by atoms with Crippen molar-refractivity contribution in [3.8, 4) is 0 Å². The molecule has 6 nitrogen and oxygen atoms in total. The van der Waals surface area contributed by atoms with Crippen LogP contribution < -0.4 is 9.62 Å². The lowest BCUT2D eigenvalue weighted by Crippen LogP contribution is -2.44. The number of ether oxygens (including phenoxy) is 1. The van der Waals surface area contributed by atoms with Crippen molar-refractivity contribution in [2.45, 2.75) is 13.0 Å². The molecule has 1 rings (SSSR count). The van der Waals surface area contributed by atoms with Crippen molar-refractivity contribution >= 4 is 33.2 Å². The number of nitrogens with zero attached hydrogens (tertiary/aromatic N) is 1. The van der Waals surface area contributed by atoms with Crippen LogP contribution in [-0.2, 0) is 19.6 Å². The number of hydrogen-bond acceptors (Lipinski definition) is 4. The van der Waals surface area contributed by atoms with Gasteiger partial charge in [-0.15, -0.1) is 0 Å². The first kappa shape index (κ1) is 17.7. The number of amides is 1. The summed E-state index contributed by atoms with van der Waals surface area (Å²) in [6.07, 6.45) is 1.03. The first-order valence-electron chi connectivity index (χ1n) is 6.26. The average Bonchev–Trinajstić information content (AvgIpc) is 2.36. The lowest BCUT2D eigenvalue weighted by Gasteiger charge is -2.23. The van der Waals surface area contributed by atoms with Crippen molar-refractivity contribution in [2.75, 3.05) is 30.8 Å². The highest BCUT2D eigenvalue weighted by molar-refractivity contribution is 7.92. The van der Waals surface area contributed by atoms with Crippen LogP contribution in [0, 0.1) is 0 Å². The molecule has 21 heavy (non-hydrogen) atoms. The molecule has 0 aromatic heterocycles. The van der Waals surface area contributed by atoms with Crippen molar-refractivity contribution in [3.05, 3.63) is 29.3 Å². The molecule has 0 aliphatic rings. The number of halogens is 1. The minimum atomic E-state index is -3.63. The maximum atomic E-state index is 12.0. The minimum Gasteiger partial charge on any atom is -0.383 e. The molecule has 0 radical (unpaired) electrons. The zero-order chi connectivity index (χ0) is 16.0. The zero-order valence-corrected chi connectivity index (χ0v) is 13.7. The normalized spacial score (nSPS) is 12.8. The molecule has 1 N–H and O–H groups in total. The third-order valence-corrected chi connectivity index (χ3v) is 4.08. The average molecular weight is 335 g/mol. The lowest BCUT2D eigenvalue weighted by molar-refractivity contribution is -0.120. The van der Waals surface area contributed by atoms with E-state index in [1.54, 1.807) is 31.2 Å². The summed E-state index contributed by atoms with van der Waals surface area (Å²) in [5.41, 5.74) is 0.274. The topological polar surface area (TPSA) is 75.7 Å². The van der Waals surface area contributed by atoms with Crippen LogP contribution in [0.1, 0.15) is 6.92 Å². The summed E-state index contributed by atoms with van der Waals surface area (Å²) < 4.78 is 29.7. The van der Waals surface area contributed by atoms with Crippen molar-refractivity contribution in [2.24, 2.45) is 0 Å². The van der Waals surface area contributed by atoms with E-state index in [0.717, 1.165) is 10.6 Å². The van der Waals surface area contributed by atoms with Crippen molar-refractivity contribution in [1.82, 2.24) is 5.32 Å². The van der Waals surface area contributed by atoms with Crippen LogP contribution in [0.15, 0.2) is 24.3 Å². The fourth-order valence-electron chi connectivity index (χ4n) is 1.78. The number of para-hydroxylation sites is 1. The minimum absolute atomic E-state index is 0.213. The van der Waals surface area contributed by atoms with E-state index in [2.05, 4.69) is 5.32 Å². The van der Waals surface area contributed by atoms with Gasteiger partial charge in [0.2, 0.25) is 15.9 Å². The van der Waals surface area contributed by atoms with Gasteiger partial charge in [0.1, 0.15) is 6.54 Å². The standard InChI is InChI=1S/C13H19ClN2O4S/c1-10(9-20-2)15-13(17)8-16(21(3,18)19)12-7-5-4-6-11(12)14/h4-7,10H,8-9H2,1-3H3,(H,15,17)/t10-/m1/s1. The quantitative estimate of drug-likeness (QED) is 0.814. The number of anilines is 1. The van der Waals surface area contributed by atoms with Gasteiger partial charge in [-0.2, -0.15) is 0 Å². The fraction of sp³-hybridized carbons (Fsp3) is 0.462. The van der Waals surface area contributed by atoms with Crippen molar-refractivity contribution < 1.29 is 17.9 Å². The summed E-state index contributed by atoms with van der Waals surface area (Å²) in [4.78, 5) is 12.0. The second-order valence-corrected chi connectivity index (χ2v) is 6.96. The predicted molar refractivity (Wildman–Crippen MR) is 83.1 cm³/mol. The van der Waals surface area contributed by atoms with Gasteiger partial charge >= 0.3 is 0 Å². The molecular weight excluding hydrogens is 316 g/mol. The molecular formula is C13H19ClN2O4S. The lowest BCUT2D eigenvalue weighted by atomic mass is 10.3. The summed E-state index contributed by atoms with van der Waals surface area (Å²) in [7, 11) is -2.10. The Bertz CT molecular complexity index is 592. The van der Waals surface area contributed by atoms with E-state index in [9.17, 15) is 13.2 Å². The number of nitrogens with one attached hydrogen (secondary N) is 1. The van der Waals surface area contributed by atoms with E-state index in [0.29, 0.717) is 6.61 Å². The maximum absolute atomic E-state index is 12.0. The number of carbonyl (C=O) groups excluding carboxylic acids is 1. The van der Waals surface area contributed by atoms with E-state index in [4.69, 9.17) is 16.3 Å². The van der Waals surface area contributed by atoms with E-state index in [1.165, 1.54) is 7.11 Å². The maximum Gasteiger partial charge on any atom is 0.241 e. The molecule has 118 valence electrons. The molecule has 1 aromatic rings. The van der Waals surface area contributed by atoms with E-state index >= 15 is 0 Å². The molecule has 1 atom stereocenters. The molecule has 0 fully saturated rings. The number of carbonyl (C=O) groups is 1. The van der Waals surface area contributed by atoms with Gasteiger partial charge in [0.15, 0.2) is 0 Å². The molecule has 8 heteroatoms. The van der Waals surface area contributed by atoms with Crippen LogP contribution in [0.5, 0.6) is 0 Å². The monoisotopic (exact) mass is 334 g/mol. The van der Waals surface area contributed by atoms with Gasteiger partial charge in [-0.3, -0.25) is 9.10 Å². The van der Waals surface area contributed by atoms with Crippen LogP contribution in [0.3, 0.4) is 0 Å². The number of benzene rings is 1. The Morgan fingerprint density at radius 3 is 2.57 bits per heavy atom. The summed E-state index contributed by atoms with van der Waals surface area (Å²) in [6.45, 7) is 1.77. The highest BCUT2D eigenvalue weighted by Crippen LogP contribution is 2.26. The fourth-order valence-corrected chi connectivity index (χ4v) is 2.93. The molecule has 0 aliphatic heterocycles. The Hall–Kier alpha value is -1.31. The van der Waals surface area contributed by atoms with Gasteiger partial charge in [0.25, 0.3) is 0 Å². The molecule has 0 spiro atoms. The molecule has 0 bridgehead atoms. The smallest absolute Gasteiger partial charge is 0.241 e. The SMILES string of the molecule is COC[C@@H](C)NC(=O)CN(c1ccccc1Cl)S(C)(=O)=O. The Kier molecular flexibility index (Phi) is 6.44. The molecule has 0 unspecified atom stereocenters. The van der Waals surface area contributed by atoms with Crippen LogP contribution in [0.25, 0.3) is 0 Å². The van der Waals surface area contributed by atoms with Crippen molar-refractivity contribution in [3.63, 3.8) is 0 Å². The molecule has 0 aliphatic carbocycles. The third-order valence-electron chi connectivity index (χ3n) is 2.63. The van der Waals surface area contributed by atoms with Gasteiger partial charge < -0.3 is 10.1 Å². The Balaban J connectivity index is 2.92. The van der Waals surface area contributed by atoms with Gasteiger partial charge in [-0.05, 0) is 19.1 Å². The number of sulfonamides is 1. The summed E-state index contributed by atoms with van der Waals surface area (Å²) in [5.74, 6) is -0.426. The van der Waals surface area contributed by atoms with Crippen LogP contribution >= 0.6 is 11.6 Å². The van der Waals surface area contributed by atoms with Crippen LogP contribution in [0.4, 0.5) is 5.69 Å². The second-order valence-electron chi connectivity index (χ2n) is 4.64. The Morgan fingerprint density at radius 2 is 2.05 bits per heavy atom. The summed E-state index contributed by atoms with van der Waals surface area (Å²) in [6, 6.07) is 6.25. The van der Waals surface area contributed by atoms with Gasteiger partial charge in [0.05, 0.1) is 23.6 Å². The first-order chi connectivity index (χ1) is 9.75. The van der Waals surface area contributed by atoms with Crippen LogP contribution in [0.2, 0.25) is 5.02 Å². The predicted octanol–water partition coefficient (Wildman–Crippen LogP) is 1.26. The molecule has 1 aromatic carbocycles. The van der Waals surface area contributed by atoms with E-state index in [-0.39, 0.29) is 23.3 Å². The number of methoxy groups -OCH3 is 1. The highest BCUT2D eigenvalue weighted by Gasteiger charge is 2.23. The molecule has 0 saturated carbocycles. The van der Waals surface area contributed by atoms with Gasteiger partial charge in [-0.1, -0.05) is 23.7 Å². The Morgan fingerprint density at radius 1 is 1.43 bits per heavy atom.